The second-order valence-electron chi connectivity index (χ2n) is 5.68. The zero-order chi connectivity index (χ0) is 11.6. The van der Waals surface area contributed by atoms with E-state index < -0.39 is 0 Å². The SMILES string of the molecule is CC1[N@@]2CC[C@]1(C)c1cc3c(cc1C2)OCO3. The van der Waals surface area contributed by atoms with Gasteiger partial charge in [-0.05, 0) is 43.1 Å². The van der Waals surface area contributed by atoms with Gasteiger partial charge in [-0.3, -0.25) is 4.90 Å². The molecule has 1 aromatic rings. The fourth-order valence-corrected chi connectivity index (χ4v) is 3.62. The van der Waals surface area contributed by atoms with E-state index in [2.05, 4.69) is 30.9 Å². The van der Waals surface area contributed by atoms with Crippen molar-refractivity contribution in [3.8, 4) is 11.5 Å². The lowest BCUT2D eigenvalue weighted by Gasteiger charge is -2.39. The third-order valence-electron chi connectivity index (χ3n) is 4.98. The number of benzene rings is 1. The summed E-state index contributed by atoms with van der Waals surface area (Å²) in [6.45, 7) is 7.37. The van der Waals surface area contributed by atoms with Crippen molar-refractivity contribution in [3.63, 3.8) is 0 Å². The Morgan fingerprint density at radius 1 is 1.29 bits per heavy atom. The molecular weight excluding hydrogens is 214 g/mol. The minimum atomic E-state index is 0.286. The molecule has 1 saturated heterocycles. The van der Waals surface area contributed by atoms with Crippen LogP contribution in [0.5, 0.6) is 11.5 Å². The van der Waals surface area contributed by atoms with Crippen LogP contribution >= 0.6 is 0 Å². The van der Waals surface area contributed by atoms with E-state index in [1.807, 2.05) is 0 Å². The molecule has 4 rings (SSSR count). The minimum absolute atomic E-state index is 0.286. The molecule has 3 aliphatic heterocycles. The van der Waals surface area contributed by atoms with E-state index in [9.17, 15) is 0 Å². The zero-order valence-electron chi connectivity index (χ0n) is 10.3. The van der Waals surface area contributed by atoms with Gasteiger partial charge in [0.2, 0.25) is 6.79 Å². The van der Waals surface area contributed by atoms with Gasteiger partial charge in [-0.1, -0.05) is 6.92 Å². The van der Waals surface area contributed by atoms with E-state index in [0.29, 0.717) is 12.8 Å². The first-order valence-electron chi connectivity index (χ1n) is 6.35. The number of fused-ring (bicyclic) bond motifs is 5. The van der Waals surface area contributed by atoms with Gasteiger partial charge in [0, 0.05) is 18.0 Å². The Bertz CT molecular complexity index is 499. The number of rotatable bonds is 0. The smallest absolute Gasteiger partial charge is 0.231 e. The molecule has 0 aromatic heterocycles. The first kappa shape index (κ1) is 9.77. The summed E-state index contributed by atoms with van der Waals surface area (Å²) in [5, 5.41) is 0. The molecule has 0 saturated carbocycles. The second-order valence-corrected chi connectivity index (χ2v) is 5.68. The molecule has 1 fully saturated rings. The van der Waals surface area contributed by atoms with Gasteiger partial charge in [-0.25, -0.2) is 0 Å². The monoisotopic (exact) mass is 231 g/mol. The minimum Gasteiger partial charge on any atom is -0.454 e. The van der Waals surface area contributed by atoms with Crippen LogP contribution in [0.4, 0.5) is 0 Å². The summed E-state index contributed by atoms with van der Waals surface area (Å²) < 4.78 is 11.0. The Morgan fingerprint density at radius 3 is 2.88 bits per heavy atom. The highest BCUT2D eigenvalue weighted by molar-refractivity contribution is 5.53. The summed E-state index contributed by atoms with van der Waals surface area (Å²) in [7, 11) is 0. The van der Waals surface area contributed by atoms with Crippen LogP contribution in [0.2, 0.25) is 0 Å². The first-order chi connectivity index (χ1) is 8.18. The summed E-state index contributed by atoms with van der Waals surface area (Å²) in [6, 6.07) is 5.03. The van der Waals surface area contributed by atoms with Gasteiger partial charge in [0.15, 0.2) is 11.5 Å². The lowest BCUT2D eigenvalue weighted by molar-refractivity contribution is 0.174. The van der Waals surface area contributed by atoms with Gasteiger partial charge >= 0.3 is 0 Å². The Labute approximate surface area is 101 Å². The standard InChI is InChI=1S/C14H17NO2/c1-9-14(2)3-4-15(9)7-10-5-12-13(6-11(10)14)17-8-16-12/h5-6,9H,3-4,7-8H2,1-2H3/t9?,14-/m0/s1. The predicted molar refractivity (Wildman–Crippen MR) is 64.4 cm³/mol. The van der Waals surface area contributed by atoms with Crippen LogP contribution in [0, 0.1) is 0 Å². The van der Waals surface area contributed by atoms with Gasteiger partial charge < -0.3 is 9.47 Å². The van der Waals surface area contributed by atoms with E-state index >= 15 is 0 Å². The van der Waals surface area contributed by atoms with Crippen molar-refractivity contribution in [3.05, 3.63) is 23.3 Å². The van der Waals surface area contributed by atoms with Gasteiger partial charge in [-0.2, -0.15) is 0 Å². The molecule has 3 heterocycles. The largest absolute Gasteiger partial charge is 0.454 e. The molecule has 0 N–H and O–H groups in total. The first-order valence-corrected chi connectivity index (χ1v) is 6.35. The second kappa shape index (κ2) is 2.96. The Morgan fingerprint density at radius 2 is 2.06 bits per heavy atom. The molecule has 3 nitrogen and oxygen atoms in total. The summed E-state index contributed by atoms with van der Waals surface area (Å²) in [4.78, 5) is 2.57. The van der Waals surface area contributed by atoms with Crippen molar-refractivity contribution in [2.75, 3.05) is 13.3 Å². The normalized spacial score (nSPS) is 37.1. The maximum atomic E-state index is 5.52. The zero-order valence-corrected chi connectivity index (χ0v) is 10.3. The fraction of sp³-hybridized carbons (Fsp3) is 0.571. The van der Waals surface area contributed by atoms with Gasteiger partial charge in [0.25, 0.3) is 0 Å². The van der Waals surface area contributed by atoms with Crippen LogP contribution in [0.1, 0.15) is 31.4 Å². The van der Waals surface area contributed by atoms with Gasteiger partial charge in [0.05, 0.1) is 0 Å². The molecular formula is C14H17NO2. The van der Waals surface area contributed by atoms with Crippen LogP contribution < -0.4 is 9.47 Å². The molecule has 0 amide bonds. The quantitative estimate of drug-likeness (QED) is 0.683. The molecule has 2 bridgehead atoms. The van der Waals surface area contributed by atoms with Crippen molar-refractivity contribution >= 4 is 0 Å². The highest BCUT2D eigenvalue weighted by atomic mass is 16.7. The van der Waals surface area contributed by atoms with E-state index in [4.69, 9.17) is 9.47 Å². The van der Waals surface area contributed by atoms with Crippen LogP contribution in [0.3, 0.4) is 0 Å². The maximum Gasteiger partial charge on any atom is 0.231 e. The molecule has 1 aromatic carbocycles. The average Bonchev–Trinajstić information content (AvgIpc) is 2.83. The molecule has 3 heteroatoms. The van der Waals surface area contributed by atoms with E-state index in [-0.39, 0.29) is 5.41 Å². The Kier molecular flexibility index (Phi) is 1.70. The number of ether oxygens (including phenoxy) is 2. The lowest BCUT2D eigenvalue weighted by Crippen LogP contribution is -2.42. The fourth-order valence-electron chi connectivity index (χ4n) is 3.62. The third kappa shape index (κ3) is 1.10. The van der Waals surface area contributed by atoms with Gasteiger partial charge in [0.1, 0.15) is 0 Å². The third-order valence-corrected chi connectivity index (χ3v) is 4.98. The van der Waals surface area contributed by atoms with Crippen molar-refractivity contribution in [1.82, 2.24) is 4.90 Å². The van der Waals surface area contributed by atoms with Gasteiger partial charge in [-0.15, -0.1) is 0 Å². The molecule has 0 radical (unpaired) electrons. The number of hydrogen-bond acceptors (Lipinski definition) is 3. The van der Waals surface area contributed by atoms with Crippen molar-refractivity contribution in [1.29, 1.82) is 0 Å². The number of nitrogens with zero attached hydrogens (tertiary/aromatic N) is 1. The van der Waals surface area contributed by atoms with E-state index in [1.165, 1.54) is 24.1 Å². The van der Waals surface area contributed by atoms with Crippen LogP contribution in [-0.2, 0) is 12.0 Å². The molecule has 3 atom stereocenters. The molecule has 90 valence electrons. The predicted octanol–water partition coefficient (Wildman–Crippen LogP) is 2.28. The van der Waals surface area contributed by atoms with E-state index in [1.54, 1.807) is 0 Å². The van der Waals surface area contributed by atoms with Crippen molar-refractivity contribution in [2.45, 2.75) is 38.3 Å². The van der Waals surface area contributed by atoms with Crippen molar-refractivity contribution < 1.29 is 9.47 Å². The van der Waals surface area contributed by atoms with Crippen LogP contribution in [0.25, 0.3) is 0 Å². The Balaban J connectivity index is 1.93. The highest BCUT2D eigenvalue weighted by Gasteiger charge is 2.47. The van der Waals surface area contributed by atoms with Crippen LogP contribution in [-0.4, -0.2) is 24.3 Å². The summed E-state index contributed by atoms with van der Waals surface area (Å²) in [6.07, 6.45) is 1.25. The molecule has 0 aliphatic carbocycles. The average molecular weight is 231 g/mol. The van der Waals surface area contributed by atoms with Crippen LogP contribution in [0.15, 0.2) is 12.1 Å². The number of hydrogen-bond donors (Lipinski definition) is 0. The molecule has 3 aliphatic rings. The van der Waals surface area contributed by atoms with Crippen molar-refractivity contribution in [2.24, 2.45) is 0 Å². The summed E-state index contributed by atoms with van der Waals surface area (Å²) in [5.41, 5.74) is 3.18. The van der Waals surface area contributed by atoms with E-state index in [0.717, 1.165) is 18.0 Å². The Hall–Kier alpha value is -1.22. The highest BCUT2D eigenvalue weighted by Crippen LogP contribution is 2.49. The topological polar surface area (TPSA) is 21.7 Å². The molecule has 0 spiro atoms. The molecule has 17 heavy (non-hydrogen) atoms. The summed E-state index contributed by atoms with van der Waals surface area (Å²) in [5.74, 6) is 1.85. The maximum absolute atomic E-state index is 5.52. The molecule has 1 unspecified atom stereocenters. The lowest BCUT2D eigenvalue weighted by atomic mass is 9.73. The summed E-state index contributed by atoms with van der Waals surface area (Å²) >= 11 is 0.